The van der Waals surface area contributed by atoms with E-state index in [4.69, 9.17) is 5.11 Å². The number of para-hydroxylation sites is 1. The number of nitro benzene ring substituents is 1. The molecule has 0 saturated carbocycles. The number of pyridine rings is 1. The average molecular weight is 261 g/mol. The summed E-state index contributed by atoms with van der Waals surface area (Å²) in [5.74, 6) is 0.113. The van der Waals surface area contributed by atoms with Crippen molar-refractivity contribution < 1.29 is 10.0 Å². The van der Waals surface area contributed by atoms with E-state index in [-0.39, 0.29) is 18.2 Å². The number of fused-ring (bicyclic) bond motifs is 1. The van der Waals surface area contributed by atoms with Gasteiger partial charge in [-0.15, -0.1) is 0 Å². The van der Waals surface area contributed by atoms with E-state index >= 15 is 0 Å². The Morgan fingerprint density at radius 2 is 2.26 bits per heavy atom. The summed E-state index contributed by atoms with van der Waals surface area (Å²) in [5.41, 5.74) is 1.15. The Morgan fingerprint density at radius 1 is 1.47 bits per heavy atom. The number of aliphatic hydroxyl groups excluding tert-OH is 1. The van der Waals surface area contributed by atoms with E-state index in [9.17, 15) is 10.1 Å². The van der Waals surface area contributed by atoms with E-state index in [1.807, 2.05) is 6.92 Å². The highest BCUT2D eigenvalue weighted by Gasteiger charge is 2.14. The summed E-state index contributed by atoms with van der Waals surface area (Å²) in [6, 6.07) is 6.65. The van der Waals surface area contributed by atoms with E-state index in [0.717, 1.165) is 5.69 Å². The summed E-state index contributed by atoms with van der Waals surface area (Å²) in [5, 5.41) is 23.8. The van der Waals surface area contributed by atoms with Crippen molar-refractivity contribution in [3.8, 4) is 0 Å². The number of benzene rings is 1. The molecule has 0 aliphatic rings. The first-order valence-electron chi connectivity index (χ1n) is 6.00. The fourth-order valence-electron chi connectivity index (χ4n) is 1.81. The van der Waals surface area contributed by atoms with Crippen LogP contribution < -0.4 is 5.32 Å². The summed E-state index contributed by atoms with van der Waals surface area (Å²) in [6.45, 7) is 2.60. The van der Waals surface area contributed by atoms with Crippen LogP contribution in [0.4, 0.5) is 11.4 Å². The Hall–Kier alpha value is -2.21. The lowest BCUT2D eigenvalue weighted by Crippen LogP contribution is -2.14. The van der Waals surface area contributed by atoms with E-state index in [1.165, 1.54) is 6.07 Å². The molecular weight excluding hydrogens is 246 g/mol. The van der Waals surface area contributed by atoms with E-state index < -0.39 is 4.92 Å². The van der Waals surface area contributed by atoms with Crippen LogP contribution in [0.1, 0.15) is 6.92 Å². The molecule has 0 amide bonds. The van der Waals surface area contributed by atoms with Gasteiger partial charge in [0, 0.05) is 36.5 Å². The van der Waals surface area contributed by atoms with Gasteiger partial charge in [0.1, 0.15) is 5.52 Å². The van der Waals surface area contributed by atoms with Gasteiger partial charge in [-0.2, -0.15) is 0 Å². The minimum absolute atomic E-state index is 0.00337. The van der Waals surface area contributed by atoms with Gasteiger partial charge in [-0.3, -0.25) is 10.1 Å². The fraction of sp³-hybridized carbons (Fsp3) is 0.308. The van der Waals surface area contributed by atoms with Crippen molar-refractivity contribution in [2.45, 2.75) is 6.92 Å². The van der Waals surface area contributed by atoms with Crippen molar-refractivity contribution in [2.24, 2.45) is 5.92 Å². The van der Waals surface area contributed by atoms with E-state index in [0.29, 0.717) is 17.4 Å². The summed E-state index contributed by atoms with van der Waals surface area (Å²) in [4.78, 5) is 14.6. The Morgan fingerprint density at radius 3 is 2.95 bits per heavy atom. The van der Waals surface area contributed by atoms with Crippen LogP contribution >= 0.6 is 0 Å². The molecule has 0 aliphatic heterocycles. The molecule has 0 radical (unpaired) electrons. The zero-order chi connectivity index (χ0) is 13.8. The van der Waals surface area contributed by atoms with Crippen molar-refractivity contribution in [3.05, 3.63) is 40.6 Å². The molecule has 100 valence electrons. The lowest BCUT2D eigenvalue weighted by atomic mass is 10.1. The third-order valence-electron chi connectivity index (χ3n) is 2.90. The molecule has 0 saturated heterocycles. The predicted octanol–water partition coefficient (Wildman–Crippen LogP) is 2.18. The number of nitrogens with zero attached hydrogens (tertiary/aromatic N) is 2. The second kappa shape index (κ2) is 5.62. The molecule has 0 aliphatic carbocycles. The van der Waals surface area contributed by atoms with Gasteiger partial charge >= 0.3 is 0 Å². The van der Waals surface area contributed by atoms with Gasteiger partial charge in [0.2, 0.25) is 0 Å². The van der Waals surface area contributed by atoms with Crippen molar-refractivity contribution in [3.63, 3.8) is 0 Å². The van der Waals surface area contributed by atoms with Crippen molar-refractivity contribution in [1.29, 1.82) is 0 Å². The minimum Gasteiger partial charge on any atom is -0.396 e. The number of hydrogen-bond acceptors (Lipinski definition) is 5. The van der Waals surface area contributed by atoms with Gasteiger partial charge in [0.25, 0.3) is 5.69 Å². The van der Waals surface area contributed by atoms with Gasteiger partial charge in [-0.05, 0) is 12.0 Å². The number of aromatic nitrogens is 1. The first-order valence-corrected chi connectivity index (χ1v) is 6.00. The molecule has 19 heavy (non-hydrogen) atoms. The zero-order valence-electron chi connectivity index (χ0n) is 10.5. The number of aliphatic hydroxyl groups is 1. The first kappa shape index (κ1) is 13.2. The molecule has 2 rings (SSSR count). The normalized spacial score (nSPS) is 12.3. The summed E-state index contributed by atoms with van der Waals surface area (Å²) < 4.78 is 0. The zero-order valence-corrected chi connectivity index (χ0v) is 10.5. The standard InChI is InChI=1S/C13H15N3O3/c1-9(8-17)7-15-11-5-6-14-13-10(11)3-2-4-12(13)16(18)19/h2-6,9,17H,7-8H2,1H3,(H,14,15). The van der Waals surface area contributed by atoms with Crippen LogP contribution in [0.3, 0.4) is 0 Å². The van der Waals surface area contributed by atoms with Gasteiger partial charge < -0.3 is 10.4 Å². The molecule has 6 nitrogen and oxygen atoms in total. The Kier molecular flexibility index (Phi) is 3.91. The fourth-order valence-corrected chi connectivity index (χ4v) is 1.81. The summed E-state index contributed by atoms with van der Waals surface area (Å²) in [7, 11) is 0. The molecule has 0 spiro atoms. The Bertz CT molecular complexity index is 601. The highest BCUT2D eigenvalue weighted by Crippen LogP contribution is 2.28. The van der Waals surface area contributed by atoms with Crippen LogP contribution in [-0.2, 0) is 0 Å². The second-order valence-corrected chi connectivity index (χ2v) is 4.46. The molecule has 1 aromatic heterocycles. The maximum absolute atomic E-state index is 11.0. The maximum atomic E-state index is 11.0. The number of hydrogen-bond donors (Lipinski definition) is 2. The van der Waals surface area contributed by atoms with Gasteiger partial charge in [-0.1, -0.05) is 19.1 Å². The second-order valence-electron chi connectivity index (χ2n) is 4.46. The molecule has 2 N–H and O–H groups in total. The average Bonchev–Trinajstić information content (AvgIpc) is 2.43. The lowest BCUT2D eigenvalue weighted by molar-refractivity contribution is -0.383. The SMILES string of the molecule is CC(CO)CNc1ccnc2c([N+](=O)[O-])cccc12. The topological polar surface area (TPSA) is 88.3 Å². The summed E-state index contributed by atoms with van der Waals surface area (Å²) in [6.07, 6.45) is 1.54. The molecule has 1 aromatic carbocycles. The summed E-state index contributed by atoms with van der Waals surface area (Å²) >= 11 is 0. The highest BCUT2D eigenvalue weighted by molar-refractivity contribution is 5.96. The van der Waals surface area contributed by atoms with Crippen LogP contribution in [-0.4, -0.2) is 28.2 Å². The molecule has 1 unspecified atom stereocenters. The quantitative estimate of drug-likeness (QED) is 0.636. The van der Waals surface area contributed by atoms with Crippen LogP contribution in [0.15, 0.2) is 30.5 Å². The largest absolute Gasteiger partial charge is 0.396 e. The number of non-ortho nitro benzene ring substituents is 1. The molecular formula is C13H15N3O3. The number of nitro groups is 1. The van der Waals surface area contributed by atoms with Crippen molar-refractivity contribution >= 4 is 22.3 Å². The van der Waals surface area contributed by atoms with Crippen molar-refractivity contribution in [2.75, 3.05) is 18.5 Å². The van der Waals surface area contributed by atoms with E-state index in [2.05, 4.69) is 10.3 Å². The van der Waals surface area contributed by atoms with Crippen LogP contribution in [0, 0.1) is 16.0 Å². The van der Waals surface area contributed by atoms with E-state index in [1.54, 1.807) is 24.4 Å². The smallest absolute Gasteiger partial charge is 0.295 e. The Labute approximate surface area is 110 Å². The van der Waals surface area contributed by atoms with Crippen LogP contribution in [0.5, 0.6) is 0 Å². The number of nitrogens with one attached hydrogen (secondary N) is 1. The molecule has 2 aromatic rings. The molecule has 6 heteroatoms. The third kappa shape index (κ3) is 2.79. The maximum Gasteiger partial charge on any atom is 0.295 e. The van der Waals surface area contributed by atoms with Gasteiger partial charge in [-0.25, -0.2) is 4.98 Å². The number of anilines is 1. The molecule has 0 bridgehead atoms. The molecule has 1 heterocycles. The monoisotopic (exact) mass is 261 g/mol. The van der Waals surface area contributed by atoms with Crippen LogP contribution in [0.25, 0.3) is 10.9 Å². The highest BCUT2D eigenvalue weighted by atomic mass is 16.6. The van der Waals surface area contributed by atoms with Crippen molar-refractivity contribution in [1.82, 2.24) is 4.98 Å². The van der Waals surface area contributed by atoms with Gasteiger partial charge in [0.05, 0.1) is 4.92 Å². The minimum atomic E-state index is -0.435. The lowest BCUT2D eigenvalue weighted by Gasteiger charge is -2.12. The Balaban J connectivity index is 2.40. The molecule has 1 atom stereocenters. The van der Waals surface area contributed by atoms with Gasteiger partial charge in [0.15, 0.2) is 0 Å². The predicted molar refractivity (Wildman–Crippen MR) is 73.1 cm³/mol. The number of rotatable bonds is 5. The van der Waals surface area contributed by atoms with Crippen LogP contribution in [0.2, 0.25) is 0 Å². The molecule has 0 fully saturated rings. The first-order chi connectivity index (χ1) is 9.13. The third-order valence-corrected chi connectivity index (χ3v) is 2.90.